The van der Waals surface area contributed by atoms with E-state index in [1.165, 1.54) is 0 Å². The first-order valence-electron chi connectivity index (χ1n) is 6.60. The van der Waals surface area contributed by atoms with E-state index in [0.717, 1.165) is 22.0 Å². The van der Waals surface area contributed by atoms with Crippen molar-refractivity contribution in [1.29, 1.82) is 0 Å². The van der Waals surface area contributed by atoms with Crippen LogP contribution >= 0.6 is 0 Å². The molecule has 106 valence electrons. The Morgan fingerprint density at radius 1 is 0.905 bits per heavy atom. The predicted molar refractivity (Wildman–Crippen MR) is 84.7 cm³/mol. The lowest BCUT2D eigenvalue weighted by atomic mass is 10.1. The molecule has 1 heterocycles. The maximum absolute atomic E-state index is 6.05. The minimum atomic E-state index is 0.526. The Bertz CT molecular complexity index is 800. The molecule has 3 aromatic rings. The number of ether oxygens (including phenoxy) is 2. The number of nitrogens with zero attached hydrogens (tertiary/aromatic N) is 1. The molecule has 0 saturated carbocycles. The molecule has 0 bridgehead atoms. The quantitative estimate of drug-likeness (QED) is 0.797. The molecule has 0 radical (unpaired) electrons. The first-order valence-corrected chi connectivity index (χ1v) is 6.60. The van der Waals surface area contributed by atoms with Crippen molar-refractivity contribution in [2.75, 3.05) is 20.0 Å². The molecule has 0 aliphatic carbocycles. The maximum atomic E-state index is 6.05. The molecule has 0 saturated heterocycles. The van der Waals surface area contributed by atoms with E-state index in [-0.39, 0.29) is 0 Å². The molecule has 0 atom stereocenters. The first-order chi connectivity index (χ1) is 10.2. The Kier molecular flexibility index (Phi) is 3.36. The Balaban J connectivity index is 2.16. The lowest BCUT2D eigenvalue weighted by molar-refractivity contribution is 0.355. The molecule has 4 heteroatoms. The van der Waals surface area contributed by atoms with E-state index in [1.807, 2.05) is 48.5 Å². The molecule has 0 aliphatic rings. The molecule has 0 aliphatic heterocycles. The van der Waals surface area contributed by atoms with Crippen molar-refractivity contribution in [3.8, 4) is 22.8 Å². The van der Waals surface area contributed by atoms with Crippen LogP contribution < -0.4 is 15.2 Å². The third-order valence-corrected chi connectivity index (χ3v) is 3.45. The van der Waals surface area contributed by atoms with Gasteiger partial charge in [-0.3, -0.25) is 0 Å². The van der Waals surface area contributed by atoms with Gasteiger partial charge in [0.05, 0.1) is 19.9 Å². The van der Waals surface area contributed by atoms with Crippen molar-refractivity contribution in [3.05, 3.63) is 48.5 Å². The Morgan fingerprint density at radius 3 is 2.43 bits per heavy atom. The summed E-state index contributed by atoms with van der Waals surface area (Å²) in [6, 6.07) is 15.7. The van der Waals surface area contributed by atoms with Crippen LogP contribution in [-0.2, 0) is 0 Å². The average molecular weight is 280 g/mol. The zero-order valence-electron chi connectivity index (χ0n) is 12.0. The summed E-state index contributed by atoms with van der Waals surface area (Å²) in [6.07, 6.45) is 0. The van der Waals surface area contributed by atoms with Gasteiger partial charge >= 0.3 is 0 Å². The fourth-order valence-corrected chi connectivity index (χ4v) is 2.37. The molecule has 3 rings (SSSR count). The lowest BCUT2D eigenvalue weighted by Crippen LogP contribution is -1.95. The number of fused-ring (bicyclic) bond motifs is 1. The Labute approximate surface area is 123 Å². The predicted octanol–water partition coefficient (Wildman–Crippen LogP) is 3.50. The van der Waals surface area contributed by atoms with Gasteiger partial charge in [-0.05, 0) is 29.7 Å². The van der Waals surface area contributed by atoms with Gasteiger partial charge in [0.25, 0.3) is 0 Å². The number of hydrogen-bond donors (Lipinski definition) is 1. The third-order valence-electron chi connectivity index (χ3n) is 3.45. The number of nitrogens with two attached hydrogens (primary N) is 1. The van der Waals surface area contributed by atoms with Crippen molar-refractivity contribution in [1.82, 2.24) is 4.98 Å². The molecular weight excluding hydrogens is 264 g/mol. The van der Waals surface area contributed by atoms with Crippen LogP contribution in [0.2, 0.25) is 0 Å². The fourth-order valence-electron chi connectivity index (χ4n) is 2.37. The van der Waals surface area contributed by atoms with Gasteiger partial charge < -0.3 is 15.2 Å². The highest BCUT2D eigenvalue weighted by Gasteiger charge is 2.09. The fraction of sp³-hybridized carbons (Fsp3) is 0.118. The van der Waals surface area contributed by atoms with Gasteiger partial charge in [0, 0.05) is 10.9 Å². The summed E-state index contributed by atoms with van der Waals surface area (Å²) in [4.78, 5) is 4.48. The van der Waals surface area contributed by atoms with Crippen LogP contribution in [0.25, 0.3) is 22.0 Å². The molecule has 0 spiro atoms. The molecule has 0 unspecified atom stereocenters. The number of nitrogen functional groups attached to an aromatic ring is 1. The molecule has 21 heavy (non-hydrogen) atoms. The number of rotatable bonds is 3. The number of hydrogen-bond acceptors (Lipinski definition) is 4. The second-order valence-corrected chi connectivity index (χ2v) is 4.68. The summed E-state index contributed by atoms with van der Waals surface area (Å²) < 4.78 is 10.6. The summed E-state index contributed by atoms with van der Waals surface area (Å²) in [5.41, 5.74) is 7.80. The summed E-state index contributed by atoms with van der Waals surface area (Å²) in [5, 5.41) is 2.02. The van der Waals surface area contributed by atoms with Gasteiger partial charge in [0.2, 0.25) is 0 Å². The second-order valence-electron chi connectivity index (χ2n) is 4.68. The maximum Gasteiger partial charge on any atom is 0.161 e. The number of aromatic nitrogens is 1. The van der Waals surface area contributed by atoms with Crippen molar-refractivity contribution >= 4 is 16.6 Å². The molecule has 0 fully saturated rings. The van der Waals surface area contributed by atoms with Crippen LogP contribution in [0.15, 0.2) is 48.5 Å². The summed E-state index contributed by atoms with van der Waals surface area (Å²) >= 11 is 0. The van der Waals surface area contributed by atoms with Gasteiger partial charge in [-0.25, -0.2) is 4.98 Å². The van der Waals surface area contributed by atoms with Crippen LogP contribution in [0, 0.1) is 0 Å². The monoisotopic (exact) mass is 280 g/mol. The largest absolute Gasteiger partial charge is 0.493 e. The highest BCUT2D eigenvalue weighted by Crippen LogP contribution is 2.33. The standard InChI is InChI=1S/C17H16N2O2/c1-20-15-8-7-12(10-16(15)21-2)14-9-11-5-3-4-6-13(11)17(18)19-14/h3-10H,1-2H3,(H2,18,19). The van der Waals surface area contributed by atoms with E-state index >= 15 is 0 Å². The van der Waals surface area contributed by atoms with Crippen LogP contribution in [0.1, 0.15) is 0 Å². The Hall–Kier alpha value is -2.75. The highest BCUT2D eigenvalue weighted by atomic mass is 16.5. The number of pyridine rings is 1. The van der Waals surface area contributed by atoms with E-state index in [9.17, 15) is 0 Å². The van der Waals surface area contributed by atoms with Gasteiger partial charge in [-0.15, -0.1) is 0 Å². The van der Waals surface area contributed by atoms with Crippen LogP contribution in [-0.4, -0.2) is 19.2 Å². The van der Waals surface area contributed by atoms with Crippen LogP contribution in [0.4, 0.5) is 5.82 Å². The molecule has 2 N–H and O–H groups in total. The van der Waals surface area contributed by atoms with Crippen molar-refractivity contribution in [2.24, 2.45) is 0 Å². The Morgan fingerprint density at radius 2 is 1.67 bits per heavy atom. The first kappa shape index (κ1) is 13.2. The summed E-state index contributed by atoms with van der Waals surface area (Å²) in [6.45, 7) is 0. The molecule has 1 aromatic heterocycles. The summed E-state index contributed by atoms with van der Waals surface area (Å²) in [5.74, 6) is 1.89. The van der Waals surface area contributed by atoms with Crippen molar-refractivity contribution in [3.63, 3.8) is 0 Å². The highest BCUT2D eigenvalue weighted by molar-refractivity contribution is 5.93. The van der Waals surface area contributed by atoms with Gasteiger partial charge in [0.15, 0.2) is 11.5 Å². The second kappa shape index (κ2) is 5.32. The molecule has 2 aromatic carbocycles. The van der Waals surface area contributed by atoms with E-state index in [1.54, 1.807) is 14.2 Å². The van der Waals surface area contributed by atoms with Gasteiger partial charge in [-0.1, -0.05) is 24.3 Å². The average Bonchev–Trinajstić information content (AvgIpc) is 2.54. The van der Waals surface area contributed by atoms with E-state index in [0.29, 0.717) is 17.3 Å². The SMILES string of the molecule is COc1ccc(-c2cc3ccccc3c(N)n2)cc1OC. The number of methoxy groups -OCH3 is 2. The topological polar surface area (TPSA) is 57.4 Å². The zero-order valence-corrected chi connectivity index (χ0v) is 12.0. The minimum absolute atomic E-state index is 0.526. The van der Waals surface area contributed by atoms with Crippen LogP contribution in [0.5, 0.6) is 11.5 Å². The zero-order chi connectivity index (χ0) is 14.8. The van der Waals surface area contributed by atoms with Gasteiger partial charge in [0.1, 0.15) is 5.82 Å². The van der Waals surface area contributed by atoms with E-state index in [2.05, 4.69) is 4.98 Å². The van der Waals surface area contributed by atoms with Crippen molar-refractivity contribution in [2.45, 2.75) is 0 Å². The smallest absolute Gasteiger partial charge is 0.161 e. The van der Waals surface area contributed by atoms with Crippen LogP contribution in [0.3, 0.4) is 0 Å². The van der Waals surface area contributed by atoms with Gasteiger partial charge in [-0.2, -0.15) is 0 Å². The van der Waals surface area contributed by atoms with E-state index in [4.69, 9.17) is 15.2 Å². The number of anilines is 1. The van der Waals surface area contributed by atoms with Crippen molar-refractivity contribution < 1.29 is 9.47 Å². The molecule has 0 amide bonds. The normalized spacial score (nSPS) is 10.6. The number of benzene rings is 2. The third kappa shape index (κ3) is 2.36. The molecular formula is C17H16N2O2. The minimum Gasteiger partial charge on any atom is -0.493 e. The molecule has 4 nitrogen and oxygen atoms in total. The lowest BCUT2D eigenvalue weighted by Gasteiger charge is -2.10. The van der Waals surface area contributed by atoms with E-state index < -0.39 is 0 Å². The summed E-state index contributed by atoms with van der Waals surface area (Å²) in [7, 11) is 3.23.